The van der Waals surface area contributed by atoms with Crippen LogP contribution in [0, 0.1) is 34.5 Å². The highest BCUT2D eigenvalue weighted by atomic mass is 28.4. The Hall–Kier alpha value is -3.88. The van der Waals surface area contributed by atoms with Crippen LogP contribution in [0.4, 0.5) is 9.59 Å². The molecule has 0 fully saturated rings. The Kier molecular flexibility index (Phi) is 33.1. The summed E-state index contributed by atoms with van der Waals surface area (Å²) >= 11 is 0. The van der Waals surface area contributed by atoms with Gasteiger partial charge in [0.2, 0.25) is 0 Å². The fourth-order valence-electron chi connectivity index (χ4n) is 10.4. The summed E-state index contributed by atoms with van der Waals surface area (Å²) in [5.74, 6) is 6.25. The average molecular weight is 1450 g/mol. The summed E-state index contributed by atoms with van der Waals surface area (Å²) in [4.78, 5) is 40.3. The molecule has 0 aliphatic heterocycles. The molecule has 101 heavy (non-hydrogen) atoms. The molecule has 580 valence electrons. The van der Waals surface area contributed by atoms with Crippen molar-refractivity contribution in [1.82, 2.24) is 0 Å². The lowest BCUT2D eigenvalue weighted by Gasteiger charge is -2.39. The predicted molar refractivity (Wildman–Crippen MR) is 413 cm³/mol. The van der Waals surface area contributed by atoms with Crippen molar-refractivity contribution in [2.24, 2.45) is 22.7 Å². The molecule has 18 heteroatoms. The fraction of sp³-hybridized carbons (Fsp3) is 0.795. The van der Waals surface area contributed by atoms with Crippen LogP contribution >= 0.6 is 0 Å². The number of esters is 1. The Morgan fingerprint density at radius 2 is 0.772 bits per heavy atom. The van der Waals surface area contributed by atoms with Gasteiger partial charge in [-0.25, -0.2) is 9.59 Å². The van der Waals surface area contributed by atoms with Gasteiger partial charge in [0.15, 0.2) is 16.6 Å². The van der Waals surface area contributed by atoms with E-state index in [2.05, 4.69) is 177 Å². The van der Waals surface area contributed by atoms with Gasteiger partial charge in [0.1, 0.15) is 36.6 Å². The molecule has 16 nitrogen and oxygen atoms in total. The number of fused-ring (bicyclic) bond motifs is 2. The SMILES string of the molecule is CC(C)(CCC(C)(C)OC(=O)OCC(CO[Si](C)(C)C(C)(C)C)C(C)(C)C)OCCC(C)(C)OCC(COC(C)(C)CCOC(C)(C)CCC(C)(C)OC(=O)OCC(CO[Si](C)(C)C(C)(C)C)C(C)(C)C)OC(C)(C)CCOC(C)(C)CC(=O)OC1Cc2ccccc2C#Cc2ccccc21. The van der Waals surface area contributed by atoms with Crippen LogP contribution in [0.3, 0.4) is 0 Å². The van der Waals surface area contributed by atoms with Crippen molar-refractivity contribution in [3.05, 3.63) is 70.8 Å². The quantitative estimate of drug-likeness (QED) is 0.0266. The first kappa shape index (κ1) is 91.3. The minimum Gasteiger partial charge on any atom is -0.457 e. The first-order chi connectivity index (χ1) is 45.7. The molecule has 0 saturated carbocycles. The lowest BCUT2D eigenvalue weighted by atomic mass is 9.82. The van der Waals surface area contributed by atoms with Crippen LogP contribution in [-0.2, 0) is 72.2 Å². The third-order valence-corrected chi connectivity index (χ3v) is 29.8. The number of carbonyl (C=O) groups excluding carboxylic acids is 3. The summed E-state index contributed by atoms with van der Waals surface area (Å²) in [5.41, 5.74) is -2.04. The zero-order chi connectivity index (χ0) is 77.3. The third kappa shape index (κ3) is 34.5. The highest BCUT2D eigenvalue weighted by Crippen LogP contribution is 2.41. The van der Waals surface area contributed by atoms with Crippen LogP contribution in [0.25, 0.3) is 0 Å². The molecular formula is C83H144O16Si2. The molecule has 0 radical (unpaired) electrons. The van der Waals surface area contributed by atoms with Gasteiger partial charge in [-0.1, -0.05) is 131 Å². The first-order valence-corrected chi connectivity index (χ1v) is 43.2. The molecule has 3 unspecified atom stereocenters. The number of benzene rings is 2. The zero-order valence-electron chi connectivity index (χ0n) is 69.7. The Morgan fingerprint density at radius 3 is 1.19 bits per heavy atom. The smallest absolute Gasteiger partial charge is 0.457 e. The number of carbonyl (C=O) groups is 3. The van der Waals surface area contributed by atoms with Crippen LogP contribution in [0.1, 0.15) is 274 Å². The van der Waals surface area contributed by atoms with Crippen LogP contribution in [0.2, 0.25) is 36.3 Å². The molecule has 0 bridgehead atoms. The van der Waals surface area contributed by atoms with Gasteiger partial charge in [0, 0.05) is 48.2 Å². The van der Waals surface area contributed by atoms with Crippen molar-refractivity contribution >= 4 is 34.9 Å². The Labute approximate surface area is 616 Å². The number of hydrogen-bond acceptors (Lipinski definition) is 16. The Bertz CT molecular complexity index is 2840. The molecule has 1 aliphatic carbocycles. The Balaban J connectivity index is 1.66. The normalized spacial score (nSPS) is 16.0. The number of rotatable bonds is 41. The van der Waals surface area contributed by atoms with Crippen molar-refractivity contribution < 1.29 is 75.3 Å². The van der Waals surface area contributed by atoms with Crippen LogP contribution in [0.5, 0.6) is 0 Å². The zero-order valence-corrected chi connectivity index (χ0v) is 71.7. The summed E-state index contributed by atoms with van der Waals surface area (Å²) in [7, 11) is -4.00. The fourth-order valence-corrected chi connectivity index (χ4v) is 12.5. The highest BCUT2D eigenvalue weighted by molar-refractivity contribution is 6.74. The summed E-state index contributed by atoms with van der Waals surface area (Å²) < 4.78 is 82.9. The summed E-state index contributed by atoms with van der Waals surface area (Å²) in [6.07, 6.45) is 2.25. The van der Waals surface area contributed by atoms with Crippen molar-refractivity contribution in [3.8, 4) is 11.8 Å². The minimum absolute atomic E-state index is 0.000307. The van der Waals surface area contributed by atoms with Crippen molar-refractivity contribution in [3.63, 3.8) is 0 Å². The van der Waals surface area contributed by atoms with Crippen LogP contribution < -0.4 is 0 Å². The van der Waals surface area contributed by atoms with Gasteiger partial charge in [0.05, 0.1) is 73.1 Å². The maximum Gasteiger partial charge on any atom is 0.508 e. The number of ether oxygens (including phenoxy) is 11. The van der Waals surface area contributed by atoms with Crippen LogP contribution in [-0.4, -0.2) is 145 Å². The predicted octanol–water partition coefficient (Wildman–Crippen LogP) is 20.7. The molecule has 0 saturated heterocycles. The lowest BCUT2D eigenvalue weighted by Crippen LogP contribution is -2.44. The highest BCUT2D eigenvalue weighted by Gasteiger charge is 2.42. The maximum absolute atomic E-state index is 13.8. The second kappa shape index (κ2) is 36.6. The molecule has 1 aliphatic rings. The van der Waals surface area contributed by atoms with Crippen molar-refractivity contribution in [2.45, 2.75) is 345 Å². The van der Waals surface area contributed by atoms with Gasteiger partial charge in [-0.05, 0) is 221 Å². The van der Waals surface area contributed by atoms with Gasteiger partial charge in [-0.15, -0.1) is 0 Å². The van der Waals surface area contributed by atoms with E-state index in [1.54, 1.807) is 0 Å². The largest absolute Gasteiger partial charge is 0.508 e. The van der Waals surface area contributed by atoms with E-state index < -0.39 is 86.0 Å². The molecule has 0 N–H and O–H groups in total. The molecule has 2 aromatic rings. The van der Waals surface area contributed by atoms with Gasteiger partial charge in [-0.3, -0.25) is 4.79 Å². The number of hydrogen-bond donors (Lipinski definition) is 0. The minimum atomic E-state index is -2.00. The molecule has 3 atom stereocenters. The second-order valence-electron chi connectivity index (χ2n) is 38.7. The topological polar surface area (TPSA) is 171 Å². The van der Waals surface area contributed by atoms with Crippen molar-refractivity contribution in [1.29, 1.82) is 0 Å². The third-order valence-electron chi connectivity index (χ3n) is 20.8. The standard InChI is InChI=1S/C83H144O16Si2/c1-72(2,3)64(57-94-100(29,30)74(7,8)9)55-87-70(85)98-80(21,22)45-43-76(13,14)89-50-47-78(17,18)92-59-66(97-82(25,26)49-52-91-83(27,28)54-69(84)96-68-53-63-39-34-33-37-61(63)41-42-62-38-35-36-40-67(62)68)60-93-79(19,20)48-51-90-77(15,16)44-46-81(23,24)99-71(86)88-56-65(73(4,5)6)58-95-101(31,32)75(10,11)12/h33-40,64-66,68H,43-60H2,1-32H3. The van der Waals surface area contributed by atoms with E-state index in [9.17, 15) is 14.4 Å². The lowest BCUT2D eigenvalue weighted by molar-refractivity contribution is -0.179. The molecule has 0 aromatic heterocycles. The van der Waals surface area contributed by atoms with E-state index >= 15 is 0 Å². The summed E-state index contributed by atoms with van der Waals surface area (Å²) in [6.45, 7) is 70.2. The van der Waals surface area contributed by atoms with E-state index in [0.717, 1.165) is 22.3 Å². The molecule has 0 heterocycles. The van der Waals surface area contributed by atoms with Gasteiger partial charge < -0.3 is 61.0 Å². The molecule has 2 aromatic carbocycles. The van der Waals surface area contributed by atoms with Gasteiger partial charge >= 0.3 is 18.3 Å². The van der Waals surface area contributed by atoms with E-state index in [1.807, 2.05) is 104 Å². The monoisotopic (exact) mass is 1450 g/mol. The van der Waals surface area contributed by atoms with E-state index in [-0.39, 0.29) is 71.6 Å². The second-order valence-corrected chi connectivity index (χ2v) is 48.3. The van der Waals surface area contributed by atoms with E-state index in [0.29, 0.717) is 84.4 Å². The van der Waals surface area contributed by atoms with Crippen LogP contribution in [0.15, 0.2) is 48.5 Å². The molecule has 0 amide bonds. The average Bonchev–Trinajstić information content (AvgIpc) is 0.868. The first-order valence-electron chi connectivity index (χ1n) is 37.4. The molecule has 3 rings (SSSR count). The van der Waals surface area contributed by atoms with E-state index in [4.69, 9.17) is 61.0 Å². The summed E-state index contributed by atoms with van der Waals surface area (Å²) in [6, 6.07) is 15.9. The molecule has 0 spiro atoms. The van der Waals surface area contributed by atoms with Crippen molar-refractivity contribution in [2.75, 3.05) is 59.5 Å². The van der Waals surface area contributed by atoms with E-state index in [1.165, 1.54) is 0 Å². The molecular weight excluding hydrogens is 1310 g/mol. The maximum atomic E-state index is 13.8. The summed E-state index contributed by atoms with van der Waals surface area (Å²) in [5, 5.41) is 0.141. The van der Waals surface area contributed by atoms with Gasteiger partial charge in [-0.2, -0.15) is 0 Å². The van der Waals surface area contributed by atoms with Gasteiger partial charge in [0.25, 0.3) is 0 Å². The Morgan fingerprint density at radius 1 is 0.416 bits per heavy atom.